The Kier molecular flexibility index (Phi) is 2.88. The molecule has 0 bridgehead atoms. The van der Waals surface area contributed by atoms with E-state index in [0.717, 1.165) is 38.0 Å². The summed E-state index contributed by atoms with van der Waals surface area (Å²) in [6, 6.07) is 0. The van der Waals surface area contributed by atoms with E-state index < -0.39 is 0 Å². The van der Waals surface area contributed by atoms with Crippen molar-refractivity contribution >= 4 is 5.78 Å². The van der Waals surface area contributed by atoms with Crippen LogP contribution in [0.2, 0.25) is 0 Å². The summed E-state index contributed by atoms with van der Waals surface area (Å²) in [7, 11) is 0. The van der Waals surface area contributed by atoms with Gasteiger partial charge in [0.2, 0.25) is 0 Å². The average molecular weight is 326 g/mol. The number of hydrogen-bond acceptors (Lipinski definition) is 3. The van der Waals surface area contributed by atoms with Crippen LogP contribution in [-0.2, 0) is 9.53 Å². The zero-order valence-corrected chi connectivity index (χ0v) is 14.5. The molecule has 3 heteroatoms. The summed E-state index contributed by atoms with van der Waals surface area (Å²) in [5.41, 5.74) is 2.67. The molecule has 0 aromatic heterocycles. The molecule has 0 aromatic carbocycles. The normalized spacial score (nSPS) is 49.1. The van der Waals surface area contributed by atoms with E-state index in [4.69, 9.17) is 4.74 Å². The van der Waals surface area contributed by atoms with Crippen LogP contribution in [-0.4, -0.2) is 23.6 Å². The van der Waals surface area contributed by atoms with Crippen molar-refractivity contribution in [1.29, 1.82) is 0 Å². The molecule has 4 aliphatic carbocycles. The van der Waals surface area contributed by atoms with E-state index in [9.17, 15) is 9.90 Å². The van der Waals surface area contributed by atoms with Crippen molar-refractivity contribution in [3.05, 3.63) is 35.1 Å². The third-order valence-corrected chi connectivity index (χ3v) is 8.00. The van der Waals surface area contributed by atoms with Crippen LogP contribution in [0.4, 0.5) is 0 Å². The van der Waals surface area contributed by atoms with Crippen molar-refractivity contribution in [2.24, 2.45) is 28.6 Å². The highest BCUT2D eigenvalue weighted by Gasteiger charge is 2.63. The van der Waals surface area contributed by atoms with Gasteiger partial charge in [0.15, 0.2) is 5.78 Å². The van der Waals surface area contributed by atoms with E-state index in [1.54, 1.807) is 6.08 Å². The zero-order chi connectivity index (χ0) is 16.7. The number of rotatable bonds is 0. The Morgan fingerprint density at radius 1 is 1.29 bits per heavy atom. The lowest BCUT2D eigenvalue weighted by atomic mass is 9.47. The van der Waals surface area contributed by atoms with Crippen molar-refractivity contribution in [3.63, 3.8) is 0 Å². The SMILES string of the molecule is CC1=C2CC[C@H]3[C@@H]4CCC5=CC(=O)C=C[C@@]5(C)[C@@H]4[C@H](O)C[C@@]23CO1. The maximum Gasteiger partial charge on any atom is 0.178 e. The lowest BCUT2D eigenvalue weighted by molar-refractivity contribution is -0.114. The van der Waals surface area contributed by atoms with Crippen molar-refractivity contribution < 1.29 is 14.6 Å². The van der Waals surface area contributed by atoms with Gasteiger partial charge >= 0.3 is 0 Å². The quantitative estimate of drug-likeness (QED) is 0.740. The molecular weight excluding hydrogens is 300 g/mol. The minimum absolute atomic E-state index is 0.0937. The van der Waals surface area contributed by atoms with E-state index in [-0.39, 0.29) is 28.6 Å². The minimum Gasteiger partial charge on any atom is -0.497 e. The first-order valence-electron chi connectivity index (χ1n) is 9.41. The molecule has 0 saturated heterocycles. The molecule has 0 radical (unpaired) electrons. The van der Waals surface area contributed by atoms with Crippen molar-refractivity contribution in [1.82, 2.24) is 0 Å². The van der Waals surface area contributed by atoms with E-state index in [2.05, 4.69) is 19.9 Å². The topological polar surface area (TPSA) is 46.5 Å². The Hall–Kier alpha value is -1.35. The number of allylic oxidation sites excluding steroid dienone is 5. The fourth-order valence-corrected chi connectivity index (χ4v) is 7.04. The summed E-state index contributed by atoms with van der Waals surface area (Å²) in [4.78, 5) is 11.8. The molecule has 24 heavy (non-hydrogen) atoms. The van der Waals surface area contributed by atoms with Gasteiger partial charge in [-0.1, -0.05) is 18.6 Å². The molecule has 6 atom stereocenters. The predicted octanol–water partition coefficient (Wildman–Crippen LogP) is 3.55. The van der Waals surface area contributed by atoms with Crippen molar-refractivity contribution in [2.75, 3.05) is 6.61 Å². The van der Waals surface area contributed by atoms with Crippen LogP contribution in [0.3, 0.4) is 0 Å². The van der Waals surface area contributed by atoms with Gasteiger partial charge in [0.1, 0.15) is 0 Å². The van der Waals surface area contributed by atoms with E-state index in [1.807, 2.05) is 6.08 Å². The van der Waals surface area contributed by atoms with Crippen molar-refractivity contribution in [3.8, 4) is 0 Å². The largest absolute Gasteiger partial charge is 0.497 e. The number of carbonyl (C=O) groups excluding carboxylic acids is 1. The second-order valence-electron chi connectivity index (χ2n) is 8.81. The lowest BCUT2D eigenvalue weighted by Gasteiger charge is -2.57. The molecule has 1 aliphatic heterocycles. The number of ether oxygens (including phenoxy) is 1. The Labute approximate surface area is 143 Å². The first kappa shape index (κ1) is 14.9. The van der Waals surface area contributed by atoms with E-state index in [0.29, 0.717) is 11.8 Å². The van der Waals surface area contributed by atoms with Crippen LogP contribution >= 0.6 is 0 Å². The molecule has 3 nitrogen and oxygen atoms in total. The van der Waals surface area contributed by atoms with Gasteiger partial charge in [0.25, 0.3) is 0 Å². The van der Waals surface area contributed by atoms with E-state index >= 15 is 0 Å². The Morgan fingerprint density at radius 2 is 2.12 bits per heavy atom. The molecule has 0 unspecified atom stereocenters. The number of aliphatic hydroxyl groups excluding tert-OH is 1. The fraction of sp³-hybridized carbons (Fsp3) is 0.667. The number of aliphatic hydroxyl groups is 1. The standard InChI is InChI=1S/C21H26O3/c1-12-16-5-6-17-15-4-3-13-9-14(22)7-8-20(13,2)19(15)18(23)10-21(16,17)11-24-12/h7-9,15,17-19,23H,3-6,10-11H2,1-2H3/t15-,17-,18+,19-,20+,21+/m0/s1. The van der Waals surface area contributed by atoms with E-state index in [1.165, 1.54) is 17.6 Å². The number of hydrogen-bond donors (Lipinski definition) is 1. The number of fused-ring (bicyclic) bond motifs is 4. The van der Waals surface area contributed by atoms with Crippen LogP contribution in [0, 0.1) is 28.6 Å². The smallest absolute Gasteiger partial charge is 0.178 e. The molecule has 1 spiro atoms. The maximum absolute atomic E-state index is 11.8. The molecule has 3 fully saturated rings. The van der Waals surface area contributed by atoms with Gasteiger partial charge in [0, 0.05) is 16.7 Å². The summed E-state index contributed by atoms with van der Waals surface area (Å²) >= 11 is 0. The highest BCUT2D eigenvalue weighted by molar-refractivity contribution is 6.01. The molecule has 5 rings (SSSR count). The molecular formula is C21H26O3. The highest BCUT2D eigenvalue weighted by Crippen LogP contribution is 2.67. The van der Waals surface area contributed by atoms with Crippen LogP contribution in [0.1, 0.15) is 46.0 Å². The van der Waals surface area contributed by atoms with Crippen molar-refractivity contribution in [2.45, 2.75) is 52.1 Å². The van der Waals surface area contributed by atoms with Gasteiger partial charge in [-0.3, -0.25) is 4.79 Å². The summed E-state index contributed by atoms with van der Waals surface area (Å²) in [6.07, 6.45) is 10.6. The monoisotopic (exact) mass is 326 g/mol. The summed E-state index contributed by atoms with van der Waals surface area (Å²) in [5.74, 6) is 2.61. The zero-order valence-electron chi connectivity index (χ0n) is 14.5. The molecule has 1 N–H and O–H groups in total. The first-order valence-corrected chi connectivity index (χ1v) is 9.41. The Balaban J connectivity index is 1.58. The van der Waals surface area contributed by atoms with Gasteiger partial charge in [-0.15, -0.1) is 0 Å². The second kappa shape index (κ2) is 4.63. The van der Waals surface area contributed by atoms with Crippen LogP contribution < -0.4 is 0 Å². The summed E-state index contributed by atoms with van der Waals surface area (Å²) in [5, 5.41) is 11.2. The highest BCUT2D eigenvalue weighted by atomic mass is 16.5. The molecule has 5 aliphatic rings. The second-order valence-corrected chi connectivity index (χ2v) is 8.81. The fourth-order valence-electron chi connectivity index (χ4n) is 7.04. The average Bonchev–Trinajstić information content (AvgIpc) is 3.05. The molecule has 128 valence electrons. The number of carbonyl (C=O) groups is 1. The molecule has 1 heterocycles. The van der Waals surface area contributed by atoms with Crippen LogP contribution in [0.15, 0.2) is 35.1 Å². The third-order valence-electron chi connectivity index (χ3n) is 8.00. The minimum atomic E-state index is -0.319. The lowest BCUT2D eigenvalue weighted by Crippen LogP contribution is -2.56. The van der Waals surface area contributed by atoms with Gasteiger partial charge in [0.05, 0.1) is 18.5 Å². The molecule has 0 amide bonds. The predicted molar refractivity (Wildman–Crippen MR) is 91.0 cm³/mol. The number of ketones is 1. The molecule has 3 saturated carbocycles. The van der Waals surface area contributed by atoms with Crippen LogP contribution in [0.25, 0.3) is 0 Å². The van der Waals surface area contributed by atoms with Gasteiger partial charge in [-0.25, -0.2) is 0 Å². The Bertz CT molecular complexity index is 715. The Morgan fingerprint density at radius 3 is 2.96 bits per heavy atom. The summed E-state index contributed by atoms with van der Waals surface area (Å²) < 4.78 is 5.95. The van der Waals surface area contributed by atoms with Crippen LogP contribution in [0.5, 0.6) is 0 Å². The maximum atomic E-state index is 11.8. The third kappa shape index (κ3) is 1.64. The van der Waals surface area contributed by atoms with Gasteiger partial charge in [-0.05, 0) is 68.6 Å². The summed E-state index contributed by atoms with van der Waals surface area (Å²) in [6.45, 7) is 5.11. The first-order chi connectivity index (χ1) is 11.5. The van der Waals surface area contributed by atoms with Gasteiger partial charge < -0.3 is 9.84 Å². The molecule has 0 aromatic rings. The van der Waals surface area contributed by atoms with Gasteiger partial charge in [-0.2, -0.15) is 0 Å².